The lowest BCUT2D eigenvalue weighted by Gasteiger charge is -2.41. The molecule has 1 saturated carbocycles. The van der Waals surface area contributed by atoms with Gasteiger partial charge in [0.2, 0.25) is 5.91 Å². The first-order valence-corrected chi connectivity index (χ1v) is 6.11. The minimum absolute atomic E-state index is 0.138. The summed E-state index contributed by atoms with van der Waals surface area (Å²) < 4.78 is 5.45. The van der Waals surface area contributed by atoms with Gasteiger partial charge < -0.3 is 14.7 Å². The van der Waals surface area contributed by atoms with E-state index in [1.165, 1.54) is 0 Å². The van der Waals surface area contributed by atoms with Crippen LogP contribution in [-0.2, 0) is 9.53 Å². The topological polar surface area (TPSA) is 49.8 Å². The molecular weight excluding hydrogens is 206 g/mol. The zero-order chi connectivity index (χ0) is 12.0. The molecule has 0 atom stereocenters. The number of nitrogens with zero attached hydrogens (tertiary/aromatic N) is 1. The SMILES string of the molecule is CCN(CCCO)C(=O)CC1(OC)CCC1. The predicted molar refractivity (Wildman–Crippen MR) is 62.2 cm³/mol. The van der Waals surface area contributed by atoms with Gasteiger partial charge in [0, 0.05) is 26.8 Å². The Morgan fingerprint density at radius 1 is 1.50 bits per heavy atom. The molecule has 0 spiro atoms. The van der Waals surface area contributed by atoms with Crippen molar-refractivity contribution in [3.63, 3.8) is 0 Å². The molecule has 94 valence electrons. The highest BCUT2D eigenvalue weighted by atomic mass is 16.5. The van der Waals surface area contributed by atoms with Crippen LogP contribution in [0.2, 0.25) is 0 Å². The zero-order valence-corrected chi connectivity index (χ0v) is 10.4. The summed E-state index contributed by atoms with van der Waals surface area (Å²) in [5.41, 5.74) is -0.191. The Labute approximate surface area is 97.6 Å². The fourth-order valence-corrected chi connectivity index (χ4v) is 2.13. The molecule has 0 unspecified atom stereocenters. The van der Waals surface area contributed by atoms with E-state index < -0.39 is 0 Å². The maximum absolute atomic E-state index is 12.0. The van der Waals surface area contributed by atoms with Gasteiger partial charge in [-0.25, -0.2) is 0 Å². The van der Waals surface area contributed by atoms with E-state index in [-0.39, 0.29) is 18.1 Å². The van der Waals surface area contributed by atoms with Gasteiger partial charge in [-0.05, 0) is 32.6 Å². The standard InChI is InChI=1S/C12H23NO3/c1-3-13(8-5-9-14)11(15)10-12(16-2)6-4-7-12/h14H,3-10H2,1-2H3. The van der Waals surface area contributed by atoms with Crippen molar-refractivity contribution < 1.29 is 14.6 Å². The van der Waals surface area contributed by atoms with Crippen LogP contribution >= 0.6 is 0 Å². The average Bonchev–Trinajstić information content (AvgIpc) is 2.24. The highest BCUT2D eigenvalue weighted by molar-refractivity contribution is 5.77. The molecule has 1 aliphatic carbocycles. The summed E-state index contributed by atoms with van der Waals surface area (Å²) in [4.78, 5) is 13.8. The van der Waals surface area contributed by atoms with Gasteiger partial charge in [-0.2, -0.15) is 0 Å². The summed E-state index contributed by atoms with van der Waals surface area (Å²) >= 11 is 0. The smallest absolute Gasteiger partial charge is 0.225 e. The number of hydrogen-bond acceptors (Lipinski definition) is 3. The number of aliphatic hydroxyl groups excluding tert-OH is 1. The van der Waals surface area contributed by atoms with E-state index in [2.05, 4.69) is 0 Å². The molecule has 0 aromatic carbocycles. The first-order valence-electron chi connectivity index (χ1n) is 6.11. The Kier molecular flexibility index (Phi) is 5.22. The van der Waals surface area contributed by atoms with Crippen molar-refractivity contribution in [2.75, 3.05) is 26.8 Å². The molecule has 1 rings (SSSR count). The molecule has 0 radical (unpaired) electrons. The Balaban J connectivity index is 2.42. The van der Waals surface area contributed by atoms with E-state index >= 15 is 0 Å². The van der Waals surface area contributed by atoms with Gasteiger partial charge in [0.05, 0.1) is 12.0 Å². The van der Waals surface area contributed by atoms with Crippen molar-refractivity contribution in [3.8, 4) is 0 Å². The number of ether oxygens (including phenoxy) is 1. The third-order valence-electron chi connectivity index (χ3n) is 3.49. The first kappa shape index (κ1) is 13.5. The summed E-state index contributed by atoms with van der Waals surface area (Å²) in [6.45, 7) is 3.46. The van der Waals surface area contributed by atoms with E-state index in [1.807, 2.05) is 6.92 Å². The monoisotopic (exact) mass is 229 g/mol. The van der Waals surface area contributed by atoms with E-state index in [9.17, 15) is 4.79 Å². The summed E-state index contributed by atoms with van der Waals surface area (Å²) in [6.07, 6.45) is 4.28. The third kappa shape index (κ3) is 3.19. The van der Waals surface area contributed by atoms with Gasteiger partial charge in [-0.3, -0.25) is 4.79 Å². The molecule has 4 nitrogen and oxygen atoms in total. The summed E-state index contributed by atoms with van der Waals surface area (Å²) in [7, 11) is 1.69. The molecule has 0 bridgehead atoms. The number of methoxy groups -OCH3 is 1. The van der Waals surface area contributed by atoms with E-state index in [0.717, 1.165) is 19.3 Å². The number of rotatable bonds is 7. The van der Waals surface area contributed by atoms with Gasteiger partial charge in [-0.1, -0.05) is 0 Å². The molecule has 1 fully saturated rings. The number of carbonyl (C=O) groups is 1. The Morgan fingerprint density at radius 2 is 2.19 bits per heavy atom. The van der Waals surface area contributed by atoms with Gasteiger partial charge in [0.1, 0.15) is 0 Å². The van der Waals surface area contributed by atoms with E-state index in [4.69, 9.17) is 9.84 Å². The predicted octanol–water partition coefficient (Wildman–Crippen LogP) is 1.18. The molecule has 1 aliphatic rings. The van der Waals surface area contributed by atoms with Crippen molar-refractivity contribution >= 4 is 5.91 Å². The number of amides is 1. The highest BCUT2D eigenvalue weighted by Gasteiger charge is 2.39. The molecule has 16 heavy (non-hydrogen) atoms. The molecular formula is C12H23NO3. The second-order valence-corrected chi connectivity index (χ2v) is 4.47. The maximum Gasteiger partial charge on any atom is 0.225 e. The molecule has 1 amide bonds. The van der Waals surface area contributed by atoms with Crippen LogP contribution in [0.1, 0.15) is 39.0 Å². The minimum Gasteiger partial charge on any atom is -0.396 e. The largest absolute Gasteiger partial charge is 0.396 e. The fraction of sp³-hybridized carbons (Fsp3) is 0.917. The van der Waals surface area contributed by atoms with Crippen LogP contribution in [0.3, 0.4) is 0 Å². The van der Waals surface area contributed by atoms with Gasteiger partial charge in [-0.15, -0.1) is 0 Å². The lowest BCUT2D eigenvalue weighted by atomic mass is 9.77. The third-order valence-corrected chi connectivity index (χ3v) is 3.49. The van der Waals surface area contributed by atoms with Crippen LogP contribution in [0.4, 0.5) is 0 Å². The lowest BCUT2D eigenvalue weighted by molar-refractivity contribution is -0.144. The maximum atomic E-state index is 12.0. The van der Waals surface area contributed by atoms with Crippen LogP contribution < -0.4 is 0 Å². The van der Waals surface area contributed by atoms with Crippen LogP contribution in [-0.4, -0.2) is 48.3 Å². The average molecular weight is 229 g/mol. The molecule has 4 heteroatoms. The second-order valence-electron chi connectivity index (χ2n) is 4.47. The number of aliphatic hydroxyl groups is 1. The van der Waals surface area contributed by atoms with Gasteiger partial charge in [0.25, 0.3) is 0 Å². The Hall–Kier alpha value is -0.610. The highest BCUT2D eigenvalue weighted by Crippen LogP contribution is 2.38. The molecule has 0 aromatic rings. The summed E-state index contributed by atoms with van der Waals surface area (Å²) in [6, 6.07) is 0. The van der Waals surface area contributed by atoms with Crippen molar-refractivity contribution in [1.82, 2.24) is 4.90 Å². The molecule has 0 aromatic heterocycles. The van der Waals surface area contributed by atoms with Gasteiger partial charge in [0.15, 0.2) is 0 Å². The summed E-state index contributed by atoms with van der Waals surface area (Å²) in [5, 5.41) is 8.77. The minimum atomic E-state index is -0.191. The molecule has 1 N–H and O–H groups in total. The molecule has 0 aliphatic heterocycles. The van der Waals surface area contributed by atoms with E-state index in [0.29, 0.717) is 25.9 Å². The normalized spacial score (nSPS) is 17.9. The van der Waals surface area contributed by atoms with Gasteiger partial charge >= 0.3 is 0 Å². The lowest BCUT2D eigenvalue weighted by Crippen LogP contribution is -2.45. The van der Waals surface area contributed by atoms with Crippen LogP contribution in [0.5, 0.6) is 0 Å². The molecule has 0 saturated heterocycles. The molecule has 0 heterocycles. The van der Waals surface area contributed by atoms with Crippen molar-refractivity contribution in [1.29, 1.82) is 0 Å². The Bertz CT molecular complexity index is 221. The number of carbonyl (C=O) groups excluding carboxylic acids is 1. The first-order chi connectivity index (χ1) is 7.67. The zero-order valence-electron chi connectivity index (χ0n) is 10.4. The quantitative estimate of drug-likeness (QED) is 0.713. The van der Waals surface area contributed by atoms with E-state index in [1.54, 1.807) is 12.0 Å². The van der Waals surface area contributed by atoms with Crippen molar-refractivity contribution in [3.05, 3.63) is 0 Å². The number of hydrogen-bond donors (Lipinski definition) is 1. The summed E-state index contributed by atoms with van der Waals surface area (Å²) in [5.74, 6) is 0.150. The Morgan fingerprint density at radius 3 is 2.56 bits per heavy atom. The van der Waals surface area contributed by atoms with Crippen LogP contribution in [0.15, 0.2) is 0 Å². The fourth-order valence-electron chi connectivity index (χ4n) is 2.13. The second kappa shape index (κ2) is 6.21. The van der Waals surface area contributed by atoms with Crippen molar-refractivity contribution in [2.24, 2.45) is 0 Å². The van der Waals surface area contributed by atoms with Crippen LogP contribution in [0, 0.1) is 0 Å². The van der Waals surface area contributed by atoms with Crippen molar-refractivity contribution in [2.45, 2.75) is 44.6 Å². The van der Waals surface area contributed by atoms with Crippen LogP contribution in [0.25, 0.3) is 0 Å².